The third-order valence-electron chi connectivity index (χ3n) is 3.13. The molecule has 0 saturated carbocycles. The van der Waals surface area contributed by atoms with Gasteiger partial charge in [-0.15, -0.1) is 0 Å². The van der Waals surface area contributed by atoms with E-state index in [9.17, 15) is 9.59 Å². The molecule has 0 aliphatic heterocycles. The summed E-state index contributed by atoms with van der Waals surface area (Å²) in [4.78, 5) is 23.2. The first-order chi connectivity index (χ1) is 10.4. The first kappa shape index (κ1) is 16.0. The number of rotatable bonds is 5. The third kappa shape index (κ3) is 3.65. The van der Waals surface area contributed by atoms with E-state index < -0.39 is 17.9 Å². The summed E-state index contributed by atoms with van der Waals surface area (Å²) in [5.41, 5.74) is 0.906. The Morgan fingerprint density at radius 3 is 2.41 bits per heavy atom. The van der Waals surface area contributed by atoms with Crippen LogP contribution >= 0.6 is 11.6 Å². The second kappa shape index (κ2) is 6.62. The molecule has 0 unspecified atom stereocenters. The van der Waals surface area contributed by atoms with Gasteiger partial charge in [-0.05, 0) is 36.2 Å². The van der Waals surface area contributed by atoms with Gasteiger partial charge in [-0.3, -0.25) is 4.79 Å². The van der Waals surface area contributed by atoms with Crippen LogP contribution in [0.2, 0.25) is 5.02 Å². The van der Waals surface area contributed by atoms with Crippen LogP contribution in [0.1, 0.15) is 24.3 Å². The summed E-state index contributed by atoms with van der Waals surface area (Å²) < 4.78 is 1.52. The van der Waals surface area contributed by atoms with Crippen molar-refractivity contribution < 1.29 is 14.7 Å². The van der Waals surface area contributed by atoms with Crippen molar-refractivity contribution in [2.45, 2.75) is 19.9 Å². The quantitative estimate of drug-likeness (QED) is 0.885. The Morgan fingerprint density at radius 2 is 1.86 bits per heavy atom. The molecule has 0 saturated heterocycles. The SMILES string of the molecule is CC(C)[C@@H](NC(=O)c1ccn(-c2ccc(Cl)cc2)n1)C(=O)O. The number of carbonyl (C=O) groups excluding carboxylic acids is 1. The first-order valence-electron chi connectivity index (χ1n) is 6.74. The molecule has 1 aromatic carbocycles. The van der Waals surface area contributed by atoms with Crippen molar-refractivity contribution in [1.82, 2.24) is 15.1 Å². The van der Waals surface area contributed by atoms with E-state index in [1.165, 1.54) is 10.7 Å². The number of carbonyl (C=O) groups is 2. The Morgan fingerprint density at radius 1 is 1.23 bits per heavy atom. The highest BCUT2D eigenvalue weighted by Crippen LogP contribution is 2.13. The van der Waals surface area contributed by atoms with E-state index in [1.807, 2.05) is 0 Å². The van der Waals surface area contributed by atoms with Gasteiger partial charge in [0.2, 0.25) is 0 Å². The van der Waals surface area contributed by atoms with Crippen molar-refractivity contribution >= 4 is 23.5 Å². The molecule has 2 aromatic rings. The molecule has 0 spiro atoms. The number of hydrogen-bond donors (Lipinski definition) is 2. The van der Waals surface area contributed by atoms with Crippen molar-refractivity contribution in [2.75, 3.05) is 0 Å². The van der Waals surface area contributed by atoms with E-state index in [1.54, 1.807) is 44.3 Å². The summed E-state index contributed by atoms with van der Waals surface area (Å²) >= 11 is 5.82. The van der Waals surface area contributed by atoms with Crippen LogP contribution in [0.15, 0.2) is 36.5 Å². The molecule has 0 radical (unpaired) electrons. The summed E-state index contributed by atoms with van der Waals surface area (Å²) in [6.45, 7) is 3.46. The van der Waals surface area contributed by atoms with Crippen LogP contribution in [0.3, 0.4) is 0 Å². The minimum atomic E-state index is -1.07. The molecular formula is C15H16ClN3O3. The Bertz CT molecular complexity index is 680. The van der Waals surface area contributed by atoms with Crippen molar-refractivity contribution in [3.8, 4) is 5.69 Å². The molecule has 1 heterocycles. The summed E-state index contributed by atoms with van der Waals surface area (Å²) in [5, 5.41) is 16.3. The van der Waals surface area contributed by atoms with Gasteiger partial charge < -0.3 is 10.4 Å². The van der Waals surface area contributed by atoms with Crippen LogP contribution in [0.25, 0.3) is 5.69 Å². The van der Waals surface area contributed by atoms with Gasteiger partial charge in [0.25, 0.3) is 5.91 Å². The highest BCUT2D eigenvalue weighted by Gasteiger charge is 2.24. The fraction of sp³-hybridized carbons (Fsp3) is 0.267. The van der Waals surface area contributed by atoms with Crippen molar-refractivity contribution in [3.63, 3.8) is 0 Å². The highest BCUT2D eigenvalue weighted by atomic mass is 35.5. The number of hydrogen-bond acceptors (Lipinski definition) is 3. The second-order valence-electron chi connectivity index (χ2n) is 5.16. The lowest BCUT2D eigenvalue weighted by atomic mass is 10.0. The number of aromatic nitrogens is 2. The van der Waals surface area contributed by atoms with Gasteiger partial charge in [0, 0.05) is 11.2 Å². The van der Waals surface area contributed by atoms with Crippen LogP contribution in [0, 0.1) is 5.92 Å². The summed E-state index contributed by atoms with van der Waals surface area (Å²) in [7, 11) is 0. The average Bonchev–Trinajstić information content (AvgIpc) is 2.94. The monoisotopic (exact) mass is 321 g/mol. The van der Waals surface area contributed by atoms with E-state index >= 15 is 0 Å². The van der Waals surface area contributed by atoms with Crippen molar-refractivity contribution in [3.05, 3.63) is 47.2 Å². The van der Waals surface area contributed by atoms with Gasteiger partial charge >= 0.3 is 5.97 Å². The molecule has 0 bridgehead atoms. The Kier molecular flexibility index (Phi) is 4.82. The van der Waals surface area contributed by atoms with E-state index in [4.69, 9.17) is 16.7 Å². The molecule has 0 aliphatic rings. The number of aliphatic carboxylic acids is 1. The third-order valence-corrected chi connectivity index (χ3v) is 3.38. The summed E-state index contributed by atoms with van der Waals surface area (Å²) in [5.74, 6) is -1.81. The van der Waals surface area contributed by atoms with Crippen LogP contribution in [0.4, 0.5) is 0 Å². The molecular weight excluding hydrogens is 306 g/mol. The number of benzene rings is 1. The van der Waals surface area contributed by atoms with E-state index in [-0.39, 0.29) is 11.6 Å². The van der Waals surface area contributed by atoms with Gasteiger partial charge in [0.1, 0.15) is 6.04 Å². The number of nitrogens with one attached hydrogen (secondary N) is 1. The van der Waals surface area contributed by atoms with Gasteiger partial charge in [-0.2, -0.15) is 5.10 Å². The molecule has 1 atom stereocenters. The van der Waals surface area contributed by atoms with Gasteiger partial charge in [0.05, 0.1) is 5.69 Å². The normalized spacial score (nSPS) is 12.2. The van der Waals surface area contributed by atoms with Gasteiger partial charge in [0.15, 0.2) is 5.69 Å². The number of amides is 1. The average molecular weight is 322 g/mol. The zero-order chi connectivity index (χ0) is 16.3. The lowest BCUT2D eigenvalue weighted by Gasteiger charge is -2.16. The number of carboxylic acids is 1. The predicted molar refractivity (Wildman–Crippen MR) is 82.3 cm³/mol. The molecule has 0 aliphatic carbocycles. The molecule has 1 aromatic heterocycles. The van der Waals surface area contributed by atoms with Crippen LogP contribution in [-0.4, -0.2) is 32.8 Å². The maximum Gasteiger partial charge on any atom is 0.326 e. The molecule has 7 heteroatoms. The number of nitrogens with zero attached hydrogens (tertiary/aromatic N) is 2. The smallest absolute Gasteiger partial charge is 0.326 e. The molecule has 6 nitrogen and oxygen atoms in total. The van der Waals surface area contributed by atoms with Gasteiger partial charge in [-0.1, -0.05) is 25.4 Å². The standard InChI is InChI=1S/C15H16ClN3O3/c1-9(2)13(15(21)22)17-14(20)12-7-8-19(18-12)11-5-3-10(16)4-6-11/h3-9,13H,1-2H3,(H,17,20)(H,21,22)/t13-/m1/s1. The van der Waals surface area contributed by atoms with Crippen LogP contribution < -0.4 is 5.32 Å². The minimum Gasteiger partial charge on any atom is -0.480 e. The van der Waals surface area contributed by atoms with Crippen LogP contribution in [0.5, 0.6) is 0 Å². The lowest BCUT2D eigenvalue weighted by molar-refractivity contribution is -0.140. The molecule has 116 valence electrons. The van der Waals surface area contributed by atoms with Crippen LogP contribution in [-0.2, 0) is 4.79 Å². The minimum absolute atomic E-state index is 0.154. The first-order valence-corrected chi connectivity index (χ1v) is 7.11. The predicted octanol–water partition coefficient (Wildman–Crippen LogP) is 2.36. The van der Waals surface area contributed by atoms with E-state index in [2.05, 4.69) is 10.4 Å². The molecule has 2 rings (SSSR count). The fourth-order valence-electron chi connectivity index (χ4n) is 1.91. The molecule has 2 N–H and O–H groups in total. The van der Waals surface area contributed by atoms with E-state index in [0.717, 1.165) is 5.69 Å². The fourth-order valence-corrected chi connectivity index (χ4v) is 2.04. The van der Waals surface area contributed by atoms with Gasteiger partial charge in [-0.25, -0.2) is 9.48 Å². The Balaban J connectivity index is 2.15. The number of halogens is 1. The Labute approximate surface area is 132 Å². The van der Waals surface area contributed by atoms with Crippen molar-refractivity contribution in [2.24, 2.45) is 5.92 Å². The summed E-state index contributed by atoms with van der Waals surface area (Å²) in [6.07, 6.45) is 1.63. The topological polar surface area (TPSA) is 84.2 Å². The van der Waals surface area contributed by atoms with E-state index in [0.29, 0.717) is 5.02 Å². The lowest BCUT2D eigenvalue weighted by Crippen LogP contribution is -2.44. The maximum absolute atomic E-state index is 12.1. The molecule has 22 heavy (non-hydrogen) atoms. The summed E-state index contributed by atoms with van der Waals surface area (Å²) in [6, 6.07) is 7.56. The zero-order valence-corrected chi connectivity index (χ0v) is 12.9. The maximum atomic E-state index is 12.1. The Hall–Kier alpha value is -2.34. The molecule has 1 amide bonds. The largest absolute Gasteiger partial charge is 0.480 e. The second-order valence-corrected chi connectivity index (χ2v) is 5.59. The highest BCUT2D eigenvalue weighted by molar-refractivity contribution is 6.30. The van der Waals surface area contributed by atoms with Crippen molar-refractivity contribution in [1.29, 1.82) is 0 Å². The molecule has 0 fully saturated rings. The zero-order valence-electron chi connectivity index (χ0n) is 12.2. The number of carboxylic acid groups (broad SMARTS) is 1.